The summed E-state index contributed by atoms with van der Waals surface area (Å²) in [6.07, 6.45) is 15.4. The van der Waals surface area contributed by atoms with Gasteiger partial charge in [0, 0.05) is 30.8 Å². The zero-order chi connectivity index (χ0) is 24.8. The Hall–Kier alpha value is -3.53. The maximum absolute atomic E-state index is 13.4. The van der Waals surface area contributed by atoms with Crippen LogP contribution in [0.25, 0.3) is 10.9 Å². The van der Waals surface area contributed by atoms with Gasteiger partial charge in [-0.15, -0.1) is 0 Å². The van der Waals surface area contributed by atoms with E-state index < -0.39 is 0 Å². The molecule has 36 heavy (non-hydrogen) atoms. The molecule has 2 bridgehead atoms. The molecule has 7 nitrogen and oxygen atoms in total. The SMILES string of the molecule is Cc1ccc(C2CC=NN2C(=O)C23CC(CCCCCCn4ncc5cc(C#N)ccc54)(C2)C3)nc1. The average Bonchev–Trinajstić information content (AvgIpc) is 3.49. The molecular weight excluding hydrogens is 448 g/mol. The number of carbonyl (C=O) groups is 1. The van der Waals surface area contributed by atoms with E-state index in [0.717, 1.165) is 60.8 Å². The average molecular weight is 481 g/mol. The van der Waals surface area contributed by atoms with Crippen molar-refractivity contribution >= 4 is 23.0 Å². The van der Waals surface area contributed by atoms with Gasteiger partial charge in [0.05, 0.1) is 34.5 Å². The number of aromatic nitrogens is 3. The molecule has 3 aliphatic carbocycles. The standard InChI is InChI=1S/C29H32N6O/c1-21-6-8-24(31-16-21)26-10-12-32-35(26)27(36)29-18-28(19-29,20-29)11-4-2-3-5-13-34-25-9-7-22(15-30)14-23(25)17-33-34/h6-9,12,14,16-17,26H,2-5,10-11,13,18-20H2,1H3. The number of aryl methyl sites for hydroxylation is 2. The van der Waals surface area contributed by atoms with Gasteiger partial charge in [-0.2, -0.15) is 15.5 Å². The third kappa shape index (κ3) is 3.89. The number of fused-ring (bicyclic) bond motifs is 1. The van der Waals surface area contributed by atoms with E-state index in [1.807, 2.05) is 54.5 Å². The number of carbonyl (C=O) groups excluding carboxylic acids is 1. The molecule has 3 aromatic rings. The normalized spacial score (nSPS) is 26.0. The summed E-state index contributed by atoms with van der Waals surface area (Å²) in [7, 11) is 0. The zero-order valence-electron chi connectivity index (χ0n) is 20.9. The van der Waals surface area contributed by atoms with E-state index in [2.05, 4.69) is 27.3 Å². The molecule has 3 saturated carbocycles. The van der Waals surface area contributed by atoms with Crippen LogP contribution in [0, 0.1) is 29.1 Å². The van der Waals surface area contributed by atoms with E-state index in [0.29, 0.717) is 11.0 Å². The lowest BCUT2D eigenvalue weighted by Gasteiger charge is -2.70. The molecular formula is C29H32N6O. The molecule has 7 heteroatoms. The van der Waals surface area contributed by atoms with Gasteiger partial charge in [-0.05, 0) is 74.3 Å². The predicted molar refractivity (Wildman–Crippen MR) is 138 cm³/mol. The van der Waals surface area contributed by atoms with Crippen LogP contribution in [0.15, 0.2) is 47.8 Å². The minimum atomic E-state index is -0.169. The van der Waals surface area contributed by atoms with Gasteiger partial charge in [0.1, 0.15) is 6.04 Å². The fraction of sp³-hybridized carbons (Fsp3) is 0.483. The number of benzene rings is 1. The van der Waals surface area contributed by atoms with Crippen molar-refractivity contribution in [2.45, 2.75) is 77.3 Å². The molecule has 3 heterocycles. The lowest BCUT2D eigenvalue weighted by atomic mass is 9.33. The number of nitrogens with zero attached hydrogens (tertiary/aromatic N) is 6. The van der Waals surface area contributed by atoms with Crippen molar-refractivity contribution in [1.82, 2.24) is 19.8 Å². The van der Waals surface area contributed by atoms with E-state index in [1.54, 1.807) is 5.01 Å². The molecule has 7 rings (SSSR count). The quantitative estimate of drug-likeness (QED) is 0.368. The second-order valence-electron chi connectivity index (χ2n) is 11.2. The Morgan fingerprint density at radius 3 is 2.72 bits per heavy atom. The molecule has 1 amide bonds. The lowest BCUT2D eigenvalue weighted by molar-refractivity contribution is -0.220. The molecule has 4 aliphatic rings. The van der Waals surface area contributed by atoms with Crippen LogP contribution in [0.2, 0.25) is 0 Å². The van der Waals surface area contributed by atoms with Crippen LogP contribution >= 0.6 is 0 Å². The number of amides is 1. The second kappa shape index (κ2) is 8.85. The minimum absolute atomic E-state index is 0.0524. The summed E-state index contributed by atoms with van der Waals surface area (Å²) >= 11 is 0. The molecule has 1 aliphatic heterocycles. The van der Waals surface area contributed by atoms with E-state index in [1.165, 1.54) is 25.7 Å². The van der Waals surface area contributed by atoms with Crippen molar-refractivity contribution in [3.05, 3.63) is 59.5 Å². The van der Waals surface area contributed by atoms with E-state index in [4.69, 9.17) is 5.26 Å². The first-order valence-electron chi connectivity index (χ1n) is 13.2. The van der Waals surface area contributed by atoms with Gasteiger partial charge in [0.2, 0.25) is 5.91 Å². The lowest BCUT2D eigenvalue weighted by Crippen LogP contribution is -2.67. The minimum Gasteiger partial charge on any atom is -0.272 e. The van der Waals surface area contributed by atoms with Crippen molar-refractivity contribution in [3.8, 4) is 6.07 Å². The van der Waals surface area contributed by atoms with Crippen molar-refractivity contribution in [2.24, 2.45) is 15.9 Å². The molecule has 1 atom stereocenters. The maximum atomic E-state index is 13.4. The maximum Gasteiger partial charge on any atom is 0.249 e. The van der Waals surface area contributed by atoms with Crippen LogP contribution in [0.3, 0.4) is 0 Å². The van der Waals surface area contributed by atoms with Crippen molar-refractivity contribution in [3.63, 3.8) is 0 Å². The first-order chi connectivity index (χ1) is 17.5. The molecule has 1 aromatic carbocycles. The molecule has 0 N–H and O–H groups in total. The van der Waals surface area contributed by atoms with Crippen molar-refractivity contribution in [2.75, 3.05) is 0 Å². The number of hydrogen-bond donors (Lipinski definition) is 0. The first-order valence-corrected chi connectivity index (χ1v) is 13.2. The predicted octanol–water partition coefficient (Wildman–Crippen LogP) is 5.69. The number of hydrazone groups is 1. The molecule has 3 fully saturated rings. The highest BCUT2D eigenvalue weighted by Crippen LogP contribution is 2.76. The van der Waals surface area contributed by atoms with Gasteiger partial charge >= 0.3 is 0 Å². The van der Waals surface area contributed by atoms with Crippen LogP contribution in [0.1, 0.15) is 80.7 Å². The summed E-state index contributed by atoms with van der Waals surface area (Å²) in [5, 5.41) is 20.8. The van der Waals surface area contributed by atoms with Crippen molar-refractivity contribution in [1.29, 1.82) is 5.26 Å². The number of nitriles is 1. The van der Waals surface area contributed by atoms with Gasteiger partial charge in [0.15, 0.2) is 0 Å². The monoisotopic (exact) mass is 480 g/mol. The Morgan fingerprint density at radius 2 is 1.94 bits per heavy atom. The van der Waals surface area contributed by atoms with Crippen LogP contribution in [-0.4, -0.2) is 31.9 Å². The van der Waals surface area contributed by atoms with E-state index in [-0.39, 0.29) is 17.4 Å². The molecule has 0 spiro atoms. The van der Waals surface area contributed by atoms with Gasteiger partial charge in [-0.3, -0.25) is 14.5 Å². The van der Waals surface area contributed by atoms with Gasteiger partial charge in [0.25, 0.3) is 0 Å². The number of hydrogen-bond acceptors (Lipinski definition) is 5. The van der Waals surface area contributed by atoms with Crippen molar-refractivity contribution < 1.29 is 4.79 Å². The van der Waals surface area contributed by atoms with Gasteiger partial charge in [-0.25, -0.2) is 5.01 Å². The highest BCUT2D eigenvalue weighted by atomic mass is 16.2. The first kappa shape index (κ1) is 22.9. The number of unbranched alkanes of at least 4 members (excludes halogenated alkanes) is 3. The molecule has 2 aromatic heterocycles. The third-order valence-corrected chi connectivity index (χ3v) is 8.51. The van der Waals surface area contributed by atoms with E-state index in [9.17, 15) is 4.79 Å². The molecule has 1 unspecified atom stereocenters. The Balaban J connectivity index is 0.935. The van der Waals surface area contributed by atoms with E-state index >= 15 is 0 Å². The molecule has 0 radical (unpaired) electrons. The summed E-state index contributed by atoms with van der Waals surface area (Å²) in [4.78, 5) is 18.0. The Bertz CT molecular complexity index is 1340. The summed E-state index contributed by atoms with van der Waals surface area (Å²) < 4.78 is 2.05. The number of pyridine rings is 1. The van der Waals surface area contributed by atoms with Crippen LogP contribution < -0.4 is 0 Å². The van der Waals surface area contributed by atoms with Crippen LogP contribution in [-0.2, 0) is 11.3 Å². The Morgan fingerprint density at radius 1 is 1.11 bits per heavy atom. The smallest absolute Gasteiger partial charge is 0.249 e. The zero-order valence-corrected chi connectivity index (χ0v) is 20.9. The Labute approximate surface area is 211 Å². The highest BCUT2D eigenvalue weighted by Gasteiger charge is 2.71. The summed E-state index contributed by atoms with van der Waals surface area (Å²) in [6.45, 7) is 2.94. The molecule has 184 valence electrons. The fourth-order valence-corrected chi connectivity index (χ4v) is 6.71. The number of rotatable bonds is 9. The Kier molecular flexibility index (Phi) is 5.63. The summed E-state index contributed by atoms with van der Waals surface area (Å²) in [5.41, 5.74) is 4.06. The fourth-order valence-electron chi connectivity index (χ4n) is 6.71. The van der Waals surface area contributed by atoms with Crippen LogP contribution in [0.5, 0.6) is 0 Å². The topological polar surface area (TPSA) is 87.2 Å². The second-order valence-corrected chi connectivity index (χ2v) is 11.2. The van der Waals surface area contributed by atoms with Gasteiger partial charge in [-0.1, -0.05) is 25.3 Å². The molecule has 0 saturated heterocycles. The summed E-state index contributed by atoms with van der Waals surface area (Å²) in [5.74, 6) is 0.207. The largest absolute Gasteiger partial charge is 0.272 e. The van der Waals surface area contributed by atoms with Gasteiger partial charge < -0.3 is 0 Å². The highest BCUT2D eigenvalue weighted by molar-refractivity contribution is 5.88. The third-order valence-electron chi connectivity index (χ3n) is 8.51. The summed E-state index contributed by atoms with van der Waals surface area (Å²) in [6, 6.07) is 12.0. The van der Waals surface area contributed by atoms with Crippen LogP contribution in [0.4, 0.5) is 0 Å².